The van der Waals surface area contributed by atoms with Gasteiger partial charge < -0.3 is 15.0 Å². The Morgan fingerprint density at radius 1 is 1.38 bits per heavy atom. The van der Waals surface area contributed by atoms with Crippen LogP contribution < -0.4 is 5.32 Å². The predicted molar refractivity (Wildman–Crippen MR) is 84.8 cm³/mol. The van der Waals surface area contributed by atoms with E-state index in [0.29, 0.717) is 16.6 Å². The molecule has 0 saturated carbocycles. The fourth-order valence-corrected chi connectivity index (χ4v) is 2.66. The Bertz CT molecular complexity index is 491. The van der Waals surface area contributed by atoms with Crippen LogP contribution in [0.1, 0.15) is 18.4 Å². The Hall–Kier alpha value is -0.810. The second kappa shape index (κ2) is 7.99. The van der Waals surface area contributed by atoms with Gasteiger partial charge in [0, 0.05) is 13.6 Å². The summed E-state index contributed by atoms with van der Waals surface area (Å²) in [4.78, 5) is 13.7. The minimum atomic E-state index is -0.0513. The zero-order chi connectivity index (χ0) is 15.2. The molecule has 0 spiro atoms. The number of likely N-dealkylation sites (N-methyl/N-ethyl adjacent to an activating group) is 1. The number of ether oxygens (including phenoxy) is 1. The molecule has 21 heavy (non-hydrogen) atoms. The highest BCUT2D eigenvalue weighted by Crippen LogP contribution is 2.26. The number of nitrogens with one attached hydrogen (secondary N) is 1. The van der Waals surface area contributed by atoms with Gasteiger partial charge in [0.15, 0.2) is 0 Å². The summed E-state index contributed by atoms with van der Waals surface area (Å²) in [5.41, 5.74) is 0.835. The molecule has 1 saturated heterocycles. The number of halogens is 2. The van der Waals surface area contributed by atoms with Crippen LogP contribution in [0.25, 0.3) is 0 Å². The zero-order valence-electron chi connectivity index (χ0n) is 12.1. The maximum absolute atomic E-state index is 12.1. The maximum atomic E-state index is 12.1. The Morgan fingerprint density at radius 3 is 2.81 bits per heavy atom. The van der Waals surface area contributed by atoms with Crippen LogP contribution in [-0.2, 0) is 16.1 Å². The van der Waals surface area contributed by atoms with E-state index >= 15 is 0 Å². The van der Waals surface area contributed by atoms with Crippen LogP contribution in [0, 0.1) is 0 Å². The molecule has 116 valence electrons. The Kier molecular flexibility index (Phi) is 6.30. The lowest BCUT2D eigenvalue weighted by Gasteiger charge is -2.24. The first-order valence-electron chi connectivity index (χ1n) is 7.07. The van der Waals surface area contributed by atoms with Gasteiger partial charge in [-0.25, -0.2) is 0 Å². The van der Waals surface area contributed by atoms with E-state index in [-0.39, 0.29) is 18.6 Å². The number of carbonyl (C=O) groups excluding carboxylic acids is 1. The number of rotatable bonds is 5. The Morgan fingerprint density at radius 2 is 2.10 bits per heavy atom. The first-order valence-corrected chi connectivity index (χ1v) is 7.82. The van der Waals surface area contributed by atoms with E-state index in [9.17, 15) is 4.79 Å². The number of benzene rings is 1. The van der Waals surface area contributed by atoms with Gasteiger partial charge in [-0.2, -0.15) is 0 Å². The van der Waals surface area contributed by atoms with Gasteiger partial charge in [-0.1, -0.05) is 35.3 Å². The number of piperidine rings is 1. The summed E-state index contributed by atoms with van der Waals surface area (Å²) >= 11 is 12.1. The van der Waals surface area contributed by atoms with Crippen molar-refractivity contribution in [1.82, 2.24) is 10.2 Å². The van der Waals surface area contributed by atoms with Crippen molar-refractivity contribution in [3.05, 3.63) is 33.8 Å². The molecule has 6 heteroatoms. The average Bonchev–Trinajstić information content (AvgIpc) is 2.50. The molecule has 1 aliphatic heterocycles. The molecular weight excluding hydrogens is 311 g/mol. The van der Waals surface area contributed by atoms with Crippen molar-refractivity contribution >= 4 is 29.1 Å². The normalized spacial score (nSPS) is 16.0. The first kappa shape index (κ1) is 16.6. The highest BCUT2D eigenvalue weighted by Gasteiger charge is 2.17. The van der Waals surface area contributed by atoms with Crippen LogP contribution in [0.5, 0.6) is 0 Å². The molecule has 0 unspecified atom stereocenters. The third-order valence-corrected chi connectivity index (χ3v) is 4.45. The molecule has 1 N–H and O–H groups in total. The minimum absolute atomic E-state index is 0.0513. The molecule has 1 aromatic rings. The summed E-state index contributed by atoms with van der Waals surface area (Å²) in [6.45, 7) is 2.44. The number of nitrogens with zero attached hydrogens (tertiary/aromatic N) is 1. The number of amides is 1. The Balaban J connectivity index is 1.83. The van der Waals surface area contributed by atoms with E-state index in [4.69, 9.17) is 27.9 Å². The predicted octanol–water partition coefficient (Wildman–Crippen LogP) is 2.72. The lowest BCUT2D eigenvalue weighted by molar-refractivity contribution is -0.137. The molecule has 2 rings (SSSR count). The molecule has 0 bridgehead atoms. The Labute approximate surface area is 135 Å². The van der Waals surface area contributed by atoms with Crippen molar-refractivity contribution in [3.63, 3.8) is 0 Å². The van der Waals surface area contributed by atoms with Crippen molar-refractivity contribution < 1.29 is 9.53 Å². The quantitative estimate of drug-likeness (QED) is 0.902. The lowest BCUT2D eigenvalue weighted by Crippen LogP contribution is -2.36. The van der Waals surface area contributed by atoms with Crippen LogP contribution in [-0.4, -0.2) is 43.7 Å². The van der Waals surface area contributed by atoms with Crippen molar-refractivity contribution in [2.75, 3.05) is 26.7 Å². The molecular formula is C15H20Cl2N2O2. The van der Waals surface area contributed by atoms with Gasteiger partial charge in [-0.3, -0.25) is 4.79 Å². The summed E-state index contributed by atoms with van der Waals surface area (Å²) in [5.74, 6) is -0.0513. The van der Waals surface area contributed by atoms with Gasteiger partial charge in [0.05, 0.1) is 16.1 Å². The van der Waals surface area contributed by atoms with Crippen LogP contribution in [0.15, 0.2) is 18.2 Å². The summed E-state index contributed by atoms with van der Waals surface area (Å²) in [6, 6.07) is 5.43. The topological polar surface area (TPSA) is 41.6 Å². The van der Waals surface area contributed by atoms with Crippen LogP contribution >= 0.6 is 23.2 Å². The van der Waals surface area contributed by atoms with E-state index in [1.54, 1.807) is 18.0 Å². The van der Waals surface area contributed by atoms with Gasteiger partial charge in [-0.15, -0.1) is 0 Å². The van der Waals surface area contributed by atoms with Crippen LogP contribution in [0.4, 0.5) is 0 Å². The lowest BCUT2D eigenvalue weighted by atomic mass is 10.1. The van der Waals surface area contributed by atoms with Crippen LogP contribution in [0.3, 0.4) is 0 Å². The smallest absolute Gasteiger partial charge is 0.248 e. The molecule has 1 aromatic carbocycles. The van der Waals surface area contributed by atoms with Gasteiger partial charge in [0.1, 0.15) is 6.61 Å². The third kappa shape index (κ3) is 4.85. The molecule has 4 nitrogen and oxygen atoms in total. The maximum Gasteiger partial charge on any atom is 0.248 e. The standard InChI is InChI=1S/C15H20Cl2N2O2/c1-19(9-11-3-2-4-13(16)15(11)17)14(20)10-21-12-5-7-18-8-6-12/h2-4,12,18H,5-10H2,1H3. The van der Waals surface area contributed by atoms with E-state index in [1.165, 1.54) is 0 Å². The summed E-state index contributed by atoms with van der Waals surface area (Å²) in [5, 5.41) is 4.27. The number of hydrogen-bond donors (Lipinski definition) is 1. The number of hydrogen-bond acceptors (Lipinski definition) is 3. The van der Waals surface area contributed by atoms with E-state index in [2.05, 4.69) is 5.32 Å². The zero-order valence-corrected chi connectivity index (χ0v) is 13.6. The summed E-state index contributed by atoms with van der Waals surface area (Å²) in [7, 11) is 1.74. The molecule has 1 heterocycles. The molecule has 1 fully saturated rings. The molecule has 1 amide bonds. The fourth-order valence-electron chi connectivity index (χ4n) is 2.28. The van der Waals surface area contributed by atoms with E-state index < -0.39 is 0 Å². The second-order valence-corrected chi connectivity index (χ2v) is 6.01. The highest BCUT2D eigenvalue weighted by molar-refractivity contribution is 6.42. The molecule has 0 radical (unpaired) electrons. The van der Waals surface area contributed by atoms with Gasteiger partial charge in [0.2, 0.25) is 5.91 Å². The monoisotopic (exact) mass is 330 g/mol. The highest BCUT2D eigenvalue weighted by atomic mass is 35.5. The first-order chi connectivity index (χ1) is 10.1. The van der Waals surface area contributed by atoms with E-state index in [0.717, 1.165) is 31.5 Å². The van der Waals surface area contributed by atoms with Crippen molar-refractivity contribution in [2.45, 2.75) is 25.5 Å². The summed E-state index contributed by atoms with van der Waals surface area (Å²) < 4.78 is 5.67. The fraction of sp³-hybridized carbons (Fsp3) is 0.533. The largest absolute Gasteiger partial charge is 0.368 e. The van der Waals surface area contributed by atoms with Gasteiger partial charge in [0.25, 0.3) is 0 Å². The molecule has 0 atom stereocenters. The summed E-state index contributed by atoms with van der Waals surface area (Å²) in [6.07, 6.45) is 2.09. The van der Waals surface area contributed by atoms with Gasteiger partial charge >= 0.3 is 0 Å². The SMILES string of the molecule is CN(Cc1cccc(Cl)c1Cl)C(=O)COC1CCNCC1. The van der Waals surface area contributed by atoms with Crippen molar-refractivity contribution in [1.29, 1.82) is 0 Å². The molecule has 1 aliphatic rings. The third-order valence-electron chi connectivity index (χ3n) is 3.59. The van der Waals surface area contributed by atoms with Gasteiger partial charge in [-0.05, 0) is 37.6 Å². The van der Waals surface area contributed by atoms with Crippen molar-refractivity contribution in [3.8, 4) is 0 Å². The average molecular weight is 331 g/mol. The molecule has 0 aromatic heterocycles. The molecule has 0 aliphatic carbocycles. The van der Waals surface area contributed by atoms with Crippen LogP contribution in [0.2, 0.25) is 10.0 Å². The minimum Gasteiger partial charge on any atom is -0.368 e. The van der Waals surface area contributed by atoms with Crippen molar-refractivity contribution in [2.24, 2.45) is 0 Å². The number of carbonyl (C=O) groups is 1. The van der Waals surface area contributed by atoms with E-state index in [1.807, 2.05) is 12.1 Å². The second-order valence-electron chi connectivity index (χ2n) is 5.22.